The Morgan fingerprint density at radius 1 is 1.16 bits per heavy atom. The fourth-order valence-electron chi connectivity index (χ4n) is 2.30. The van der Waals surface area contributed by atoms with E-state index in [1.807, 2.05) is 27.7 Å². The molecule has 0 radical (unpaired) electrons. The van der Waals surface area contributed by atoms with Gasteiger partial charge in [-0.05, 0) is 26.7 Å². The van der Waals surface area contributed by atoms with Crippen molar-refractivity contribution in [2.24, 2.45) is 5.41 Å². The van der Waals surface area contributed by atoms with Crippen LogP contribution in [0.25, 0.3) is 0 Å². The standard InChI is InChI=1S/C15H27NO3/c1-12(2)19-10-8-6-5-7-9-16-13(17)11-15(3,4)14(16)18/h12H,5-11H2,1-4H3. The number of likely N-dealkylation sites (tertiary alicyclic amines) is 1. The molecular weight excluding hydrogens is 242 g/mol. The third-order valence-corrected chi connectivity index (χ3v) is 3.45. The van der Waals surface area contributed by atoms with Gasteiger partial charge in [-0.3, -0.25) is 14.5 Å². The van der Waals surface area contributed by atoms with Crippen LogP contribution in [-0.4, -0.2) is 36.0 Å². The number of hydrogen-bond donors (Lipinski definition) is 0. The number of ether oxygens (including phenoxy) is 1. The van der Waals surface area contributed by atoms with Gasteiger partial charge in [0.25, 0.3) is 0 Å². The Hall–Kier alpha value is -0.900. The highest BCUT2D eigenvalue weighted by Gasteiger charge is 2.44. The molecule has 1 aliphatic heterocycles. The molecule has 19 heavy (non-hydrogen) atoms. The average molecular weight is 269 g/mol. The van der Waals surface area contributed by atoms with Crippen molar-refractivity contribution in [1.29, 1.82) is 0 Å². The Bertz CT molecular complexity index is 323. The zero-order chi connectivity index (χ0) is 14.5. The van der Waals surface area contributed by atoms with E-state index >= 15 is 0 Å². The molecule has 0 saturated carbocycles. The number of carbonyl (C=O) groups is 2. The molecule has 4 nitrogen and oxygen atoms in total. The van der Waals surface area contributed by atoms with Crippen molar-refractivity contribution in [1.82, 2.24) is 4.90 Å². The molecule has 110 valence electrons. The number of unbranched alkanes of at least 4 members (excludes halogenated alkanes) is 3. The first kappa shape index (κ1) is 16.2. The minimum Gasteiger partial charge on any atom is -0.379 e. The first-order valence-electron chi connectivity index (χ1n) is 7.31. The predicted octanol–water partition coefficient (Wildman–Crippen LogP) is 2.76. The summed E-state index contributed by atoms with van der Waals surface area (Å²) < 4.78 is 5.46. The molecule has 0 unspecified atom stereocenters. The van der Waals surface area contributed by atoms with Crippen LogP contribution in [-0.2, 0) is 14.3 Å². The maximum atomic E-state index is 12.0. The van der Waals surface area contributed by atoms with Crippen molar-refractivity contribution >= 4 is 11.8 Å². The van der Waals surface area contributed by atoms with E-state index in [4.69, 9.17) is 4.74 Å². The largest absolute Gasteiger partial charge is 0.379 e. The highest BCUT2D eigenvalue weighted by molar-refractivity contribution is 6.05. The molecule has 0 aromatic rings. The van der Waals surface area contributed by atoms with E-state index < -0.39 is 5.41 Å². The number of rotatable bonds is 8. The lowest BCUT2D eigenvalue weighted by molar-refractivity contribution is -0.140. The molecule has 0 aromatic carbocycles. The number of imide groups is 1. The van der Waals surface area contributed by atoms with E-state index in [-0.39, 0.29) is 11.8 Å². The summed E-state index contributed by atoms with van der Waals surface area (Å²) in [5.41, 5.74) is -0.498. The fraction of sp³-hybridized carbons (Fsp3) is 0.867. The summed E-state index contributed by atoms with van der Waals surface area (Å²) in [5.74, 6) is -0.0289. The van der Waals surface area contributed by atoms with Gasteiger partial charge in [-0.2, -0.15) is 0 Å². The molecule has 1 saturated heterocycles. The normalized spacial score (nSPS) is 18.7. The van der Waals surface area contributed by atoms with Crippen LogP contribution in [0.3, 0.4) is 0 Å². The third kappa shape index (κ3) is 4.94. The van der Waals surface area contributed by atoms with Gasteiger partial charge < -0.3 is 4.74 Å². The van der Waals surface area contributed by atoms with Crippen molar-refractivity contribution in [2.75, 3.05) is 13.2 Å². The summed E-state index contributed by atoms with van der Waals surface area (Å²) in [6.07, 6.45) is 4.72. The van der Waals surface area contributed by atoms with Gasteiger partial charge in [-0.25, -0.2) is 0 Å². The molecule has 0 aliphatic carbocycles. The Kier molecular flexibility index (Phi) is 5.98. The summed E-state index contributed by atoms with van der Waals surface area (Å²) in [4.78, 5) is 25.1. The average Bonchev–Trinajstić information content (AvgIpc) is 2.48. The summed E-state index contributed by atoms with van der Waals surface area (Å²) in [6.45, 7) is 9.13. The van der Waals surface area contributed by atoms with E-state index in [0.717, 1.165) is 32.3 Å². The number of nitrogens with zero attached hydrogens (tertiary/aromatic N) is 1. The minimum absolute atomic E-state index is 0.0133. The molecule has 0 bridgehead atoms. The molecular formula is C15H27NO3. The van der Waals surface area contributed by atoms with Gasteiger partial charge in [-0.1, -0.05) is 26.7 Å². The Balaban J connectivity index is 2.13. The molecule has 0 spiro atoms. The van der Waals surface area contributed by atoms with E-state index in [1.165, 1.54) is 4.90 Å². The van der Waals surface area contributed by atoms with Crippen molar-refractivity contribution in [3.8, 4) is 0 Å². The van der Waals surface area contributed by atoms with Gasteiger partial charge >= 0.3 is 0 Å². The molecule has 1 fully saturated rings. The smallest absolute Gasteiger partial charge is 0.235 e. The lowest BCUT2D eigenvalue weighted by atomic mass is 9.92. The van der Waals surface area contributed by atoms with Gasteiger partial charge in [0.1, 0.15) is 0 Å². The van der Waals surface area contributed by atoms with Crippen LogP contribution in [0.15, 0.2) is 0 Å². The van der Waals surface area contributed by atoms with Gasteiger partial charge in [0.15, 0.2) is 0 Å². The molecule has 0 atom stereocenters. The topological polar surface area (TPSA) is 46.6 Å². The van der Waals surface area contributed by atoms with E-state index in [0.29, 0.717) is 19.1 Å². The lowest BCUT2D eigenvalue weighted by Gasteiger charge is -2.17. The maximum absolute atomic E-state index is 12.0. The molecule has 1 aliphatic rings. The summed E-state index contributed by atoms with van der Waals surface area (Å²) in [6, 6.07) is 0. The van der Waals surface area contributed by atoms with Crippen molar-refractivity contribution in [3.05, 3.63) is 0 Å². The highest BCUT2D eigenvalue weighted by atomic mass is 16.5. The minimum atomic E-state index is -0.498. The quantitative estimate of drug-likeness (QED) is 0.503. The first-order valence-corrected chi connectivity index (χ1v) is 7.31. The van der Waals surface area contributed by atoms with Crippen molar-refractivity contribution < 1.29 is 14.3 Å². The molecule has 0 N–H and O–H groups in total. The van der Waals surface area contributed by atoms with Crippen LogP contribution in [0.1, 0.15) is 59.8 Å². The third-order valence-electron chi connectivity index (χ3n) is 3.45. The number of hydrogen-bond acceptors (Lipinski definition) is 3. The van der Waals surface area contributed by atoms with Gasteiger partial charge in [-0.15, -0.1) is 0 Å². The Morgan fingerprint density at radius 3 is 2.32 bits per heavy atom. The van der Waals surface area contributed by atoms with E-state index in [1.54, 1.807) is 0 Å². The van der Waals surface area contributed by atoms with Crippen LogP contribution >= 0.6 is 0 Å². The van der Waals surface area contributed by atoms with Crippen LogP contribution < -0.4 is 0 Å². The number of amides is 2. The Labute approximate surface area is 116 Å². The predicted molar refractivity (Wildman–Crippen MR) is 74.7 cm³/mol. The van der Waals surface area contributed by atoms with Crippen LogP contribution in [0.2, 0.25) is 0 Å². The molecule has 1 heterocycles. The monoisotopic (exact) mass is 269 g/mol. The van der Waals surface area contributed by atoms with Gasteiger partial charge in [0.05, 0.1) is 11.5 Å². The van der Waals surface area contributed by atoms with Crippen LogP contribution in [0, 0.1) is 5.41 Å². The zero-order valence-electron chi connectivity index (χ0n) is 12.7. The van der Waals surface area contributed by atoms with Crippen molar-refractivity contribution in [3.63, 3.8) is 0 Å². The molecule has 2 amide bonds. The first-order chi connectivity index (χ1) is 8.84. The second-order valence-electron chi connectivity index (χ2n) is 6.24. The second-order valence-corrected chi connectivity index (χ2v) is 6.24. The highest BCUT2D eigenvalue weighted by Crippen LogP contribution is 2.31. The second kappa shape index (κ2) is 7.04. The summed E-state index contributed by atoms with van der Waals surface area (Å²) in [7, 11) is 0. The zero-order valence-corrected chi connectivity index (χ0v) is 12.7. The fourth-order valence-corrected chi connectivity index (χ4v) is 2.30. The Morgan fingerprint density at radius 2 is 1.79 bits per heavy atom. The van der Waals surface area contributed by atoms with Crippen LogP contribution in [0.4, 0.5) is 0 Å². The van der Waals surface area contributed by atoms with Crippen molar-refractivity contribution in [2.45, 2.75) is 65.9 Å². The SMILES string of the molecule is CC(C)OCCCCCCN1C(=O)CC(C)(C)C1=O. The molecule has 4 heteroatoms. The van der Waals surface area contributed by atoms with E-state index in [9.17, 15) is 9.59 Å². The summed E-state index contributed by atoms with van der Waals surface area (Å²) >= 11 is 0. The summed E-state index contributed by atoms with van der Waals surface area (Å²) in [5, 5.41) is 0. The van der Waals surface area contributed by atoms with Crippen LogP contribution in [0.5, 0.6) is 0 Å². The molecule has 1 rings (SSSR count). The molecule has 0 aromatic heterocycles. The number of carbonyl (C=O) groups excluding carboxylic acids is 2. The van der Waals surface area contributed by atoms with Gasteiger partial charge in [0.2, 0.25) is 11.8 Å². The van der Waals surface area contributed by atoms with Gasteiger partial charge in [0, 0.05) is 19.6 Å². The maximum Gasteiger partial charge on any atom is 0.235 e. The van der Waals surface area contributed by atoms with E-state index in [2.05, 4.69) is 0 Å². The lowest BCUT2D eigenvalue weighted by Crippen LogP contribution is -2.33.